The van der Waals surface area contributed by atoms with E-state index in [1.54, 1.807) is 0 Å². The Bertz CT molecular complexity index is 933. The molecule has 2 aliphatic rings. The van der Waals surface area contributed by atoms with Crippen molar-refractivity contribution in [1.82, 2.24) is 19.8 Å². The number of hydrogen-bond donors (Lipinski definition) is 0. The van der Waals surface area contributed by atoms with Crippen LogP contribution in [0, 0.1) is 0 Å². The lowest BCUT2D eigenvalue weighted by Crippen LogP contribution is -2.48. The number of carbonyl (C=O) groups excluding carboxylic acids is 2. The molecule has 0 bridgehead atoms. The third kappa shape index (κ3) is 5.70. The maximum Gasteiger partial charge on any atom is 0.233 e. The summed E-state index contributed by atoms with van der Waals surface area (Å²) in [6, 6.07) is 8.89. The molecular formula is C26H36N4O2S2. The largest absolute Gasteiger partial charge is 0.337 e. The van der Waals surface area contributed by atoms with Crippen LogP contribution in [0.5, 0.6) is 0 Å². The predicted octanol–water partition coefficient (Wildman–Crippen LogP) is 5.39. The first-order valence-electron chi connectivity index (χ1n) is 12.5. The summed E-state index contributed by atoms with van der Waals surface area (Å²) in [6.07, 6.45) is 6.61. The minimum Gasteiger partial charge on any atom is -0.337 e. The van der Waals surface area contributed by atoms with E-state index in [9.17, 15) is 9.59 Å². The number of carbonyl (C=O) groups is 2. The number of para-hydroxylation sites is 2. The maximum atomic E-state index is 13.1. The number of rotatable bonds is 6. The van der Waals surface area contributed by atoms with Gasteiger partial charge in [0.05, 0.1) is 22.5 Å². The molecule has 8 heteroatoms. The van der Waals surface area contributed by atoms with Crippen molar-refractivity contribution in [3.63, 3.8) is 0 Å². The van der Waals surface area contributed by atoms with Gasteiger partial charge in [-0.05, 0) is 78.4 Å². The molecule has 2 fully saturated rings. The van der Waals surface area contributed by atoms with Crippen molar-refractivity contribution < 1.29 is 9.59 Å². The van der Waals surface area contributed by atoms with E-state index in [1.807, 2.05) is 34.1 Å². The molecule has 34 heavy (non-hydrogen) atoms. The fourth-order valence-electron chi connectivity index (χ4n) is 5.39. The van der Waals surface area contributed by atoms with Crippen LogP contribution in [-0.4, -0.2) is 67.3 Å². The summed E-state index contributed by atoms with van der Waals surface area (Å²) < 4.78 is 0. The molecule has 2 aliphatic heterocycles. The number of thioether (sulfide) groups is 2. The molecule has 4 atom stereocenters. The van der Waals surface area contributed by atoms with Gasteiger partial charge < -0.3 is 9.80 Å². The molecule has 2 aromatic rings. The summed E-state index contributed by atoms with van der Waals surface area (Å²) in [5.41, 5.74) is 1.62. The highest BCUT2D eigenvalue weighted by molar-refractivity contribution is 8.02. The third-order valence-electron chi connectivity index (χ3n) is 7.14. The lowest BCUT2D eigenvalue weighted by molar-refractivity contribution is -0.135. The Morgan fingerprint density at radius 2 is 1.09 bits per heavy atom. The second kappa shape index (κ2) is 11.3. The van der Waals surface area contributed by atoms with Gasteiger partial charge in [0.15, 0.2) is 0 Å². The second-order valence-electron chi connectivity index (χ2n) is 9.76. The molecule has 4 rings (SSSR count). The third-order valence-corrected chi connectivity index (χ3v) is 9.16. The first-order valence-corrected chi connectivity index (χ1v) is 14.5. The first-order chi connectivity index (χ1) is 16.3. The van der Waals surface area contributed by atoms with Gasteiger partial charge in [-0.15, -0.1) is 0 Å². The van der Waals surface area contributed by atoms with Gasteiger partial charge in [0, 0.05) is 24.2 Å². The summed E-state index contributed by atoms with van der Waals surface area (Å²) in [5, 5.41) is 1.48. The van der Waals surface area contributed by atoms with Crippen molar-refractivity contribution in [2.45, 2.75) is 100 Å². The molecule has 1 aromatic carbocycles. The van der Waals surface area contributed by atoms with Gasteiger partial charge in [-0.3, -0.25) is 9.59 Å². The SMILES string of the molecule is CC1CCCC(C)N1C(=O)CSc1nc2ccccc2nc1SCC(=O)N1C(C)CCCC1C. The highest BCUT2D eigenvalue weighted by Crippen LogP contribution is 2.32. The Morgan fingerprint density at radius 1 is 0.735 bits per heavy atom. The van der Waals surface area contributed by atoms with Crippen LogP contribution >= 0.6 is 23.5 Å². The monoisotopic (exact) mass is 500 g/mol. The van der Waals surface area contributed by atoms with E-state index in [4.69, 9.17) is 9.97 Å². The molecule has 0 radical (unpaired) electrons. The molecule has 3 heterocycles. The Balaban J connectivity index is 1.49. The Morgan fingerprint density at radius 3 is 1.44 bits per heavy atom. The van der Waals surface area contributed by atoms with Gasteiger partial charge in [-0.1, -0.05) is 35.7 Å². The van der Waals surface area contributed by atoms with E-state index in [0.29, 0.717) is 11.5 Å². The van der Waals surface area contributed by atoms with Crippen LogP contribution in [-0.2, 0) is 9.59 Å². The highest BCUT2D eigenvalue weighted by atomic mass is 32.2. The molecule has 0 aliphatic carbocycles. The summed E-state index contributed by atoms with van der Waals surface area (Å²) in [4.78, 5) is 40.0. The summed E-state index contributed by atoms with van der Waals surface area (Å²) in [7, 11) is 0. The van der Waals surface area contributed by atoms with Crippen LogP contribution in [0.1, 0.15) is 66.2 Å². The van der Waals surface area contributed by atoms with Crippen LogP contribution in [0.25, 0.3) is 11.0 Å². The highest BCUT2D eigenvalue weighted by Gasteiger charge is 2.30. The first kappa shape index (κ1) is 25.3. The zero-order chi connectivity index (χ0) is 24.2. The van der Waals surface area contributed by atoms with Gasteiger partial charge in [0.25, 0.3) is 0 Å². The van der Waals surface area contributed by atoms with Crippen LogP contribution < -0.4 is 0 Å². The van der Waals surface area contributed by atoms with Crippen molar-refractivity contribution in [3.05, 3.63) is 24.3 Å². The molecule has 0 N–H and O–H groups in total. The molecule has 4 unspecified atom stereocenters. The van der Waals surface area contributed by atoms with E-state index in [1.165, 1.54) is 36.4 Å². The summed E-state index contributed by atoms with van der Waals surface area (Å²) in [5.74, 6) is 0.984. The summed E-state index contributed by atoms with van der Waals surface area (Å²) >= 11 is 2.89. The van der Waals surface area contributed by atoms with E-state index in [2.05, 4.69) is 27.7 Å². The van der Waals surface area contributed by atoms with Crippen LogP contribution in [0.15, 0.2) is 34.3 Å². The van der Waals surface area contributed by atoms with Crippen molar-refractivity contribution in [2.24, 2.45) is 0 Å². The van der Waals surface area contributed by atoms with Crippen LogP contribution in [0.2, 0.25) is 0 Å². The molecular weight excluding hydrogens is 464 g/mol. The zero-order valence-electron chi connectivity index (χ0n) is 20.7. The molecule has 2 saturated heterocycles. The minimum atomic E-state index is 0.155. The van der Waals surface area contributed by atoms with Gasteiger partial charge in [-0.25, -0.2) is 9.97 Å². The van der Waals surface area contributed by atoms with E-state index >= 15 is 0 Å². The molecule has 1 aromatic heterocycles. The average Bonchev–Trinajstić information content (AvgIpc) is 2.81. The van der Waals surface area contributed by atoms with E-state index in [-0.39, 0.29) is 36.0 Å². The predicted molar refractivity (Wildman–Crippen MR) is 140 cm³/mol. The average molecular weight is 501 g/mol. The van der Waals surface area contributed by atoms with Crippen molar-refractivity contribution in [1.29, 1.82) is 0 Å². The lowest BCUT2D eigenvalue weighted by atomic mass is 9.98. The van der Waals surface area contributed by atoms with E-state index < -0.39 is 0 Å². The maximum absolute atomic E-state index is 13.1. The van der Waals surface area contributed by atoms with Gasteiger partial charge in [0.1, 0.15) is 10.1 Å². The number of hydrogen-bond acceptors (Lipinski definition) is 6. The quantitative estimate of drug-likeness (QED) is 0.495. The lowest BCUT2D eigenvalue weighted by Gasteiger charge is -2.39. The van der Waals surface area contributed by atoms with Gasteiger partial charge in [0.2, 0.25) is 11.8 Å². The van der Waals surface area contributed by atoms with Crippen molar-refractivity contribution >= 4 is 46.4 Å². The number of fused-ring (bicyclic) bond motifs is 1. The Kier molecular flexibility index (Phi) is 8.40. The van der Waals surface area contributed by atoms with E-state index in [0.717, 1.165) is 46.8 Å². The number of benzene rings is 1. The standard InChI is InChI=1S/C26H36N4O2S2/c1-17-9-7-10-18(2)29(17)23(31)15-33-25-26(28-22-14-6-5-13-21(22)27-25)34-16-24(32)30-19(3)11-8-12-20(30)4/h5-6,13-14,17-20H,7-12,15-16H2,1-4H3. The number of amides is 2. The molecule has 0 saturated carbocycles. The molecule has 6 nitrogen and oxygen atoms in total. The molecule has 184 valence electrons. The van der Waals surface area contributed by atoms with Gasteiger partial charge >= 0.3 is 0 Å². The topological polar surface area (TPSA) is 66.4 Å². The van der Waals surface area contributed by atoms with Crippen molar-refractivity contribution in [2.75, 3.05) is 11.5 Å². The number of aromatic nitrogens is 2. The molecule has 0 spiro atoms. The second-order valence-corrected chi connectivity index (χ2v) is 11.7. The minimum absolute atomic E-state index is 0.155. The number of piperidine rings is 2. The Labute approximate surface area is 211 Å². The number of likely N-dealkylation sites (tertiary alicyclic amines) is 2. The smallest absolute Gasteiger partial charge is 0.233 e. The normalized spacial score (nSPS) is 25.5. The van der Waals surface area contributed by atoms with Gasteiger partial charge in [-0.2, -0.15) is 0 Å². The molecule has 2 amide bonds. The zero-order valence-corrected chi connectivity index (χ0v) is 22.3. The summed E-state index contributed by atoms with van der Waals surface area (Å²) in [6.45, 7) is 8.57. The number of nitrogens with zero attached hydrogens (tertiary/aromatic N) is 4. The fraction of sp³-hybridized carbons (Fsp3) is 0.615. The van der Waals surface area contributed by atoms with Crippen LogP contribution in [0.4, 0.5) is 0 Å². The fourth-order valence-corrected chi connectivity index (χ4v) is 7.23. The Hall–Kier alpha value is -1.80. The van der Waals surface area contributed by atoms with Crippen molar-refractivity contribution in [3.8, 4) is 0 Å². The van der Waals surface area contributed by atoms with Crippen LogP contribution in [0.3, 0.4) is 0 Å².